The van der Waals surface area contributed by atoms with E-state index in [2.05, 4.69) is 6.07 Å². The van der Waals surface area contributed by atoms with E-state index >= 15 is 0 Å². The smallest absolute Gasteiger partial charge is 0.204 e. The van der Waals surface area contributed by atoms with Crippen molar-refractivity contribution in [2.24, 2.45) is 0 Å². The van der Waals surface area contributed by atoms with Gasteiger partial charge in [-0.2, -0.15) is 5.26 Å². The summed E-state index contributed by atoms with van der Waals surface area (Å²) in [5.74, 6) is 2.03. The van der Waals surface area contributed by atoms with Crippen molar-refractivity contribution in [3.05, 3.63) is 17.7 Å². The van der Waals surface area contributed by atoms with E-state index in [4.69, 9.17) is 14.2 Å². The molecule has 0 bridgehead atoms. The Morgan fingerprint density at radius 2 is 1.80 bits per heavy atom. The number of fused-ring (bicyclic) bond motifs is 1. The van der Waals surface area contributed by atoms with E-state index in [9.17, 15) is 5.26 Å². The van der Waals surface area contributed by atoms with Gasteiger partial charge in [0.1, 0.15) is 13.2 Å². The minimum Gasteiger partial charge on any atom is -0.493 e. The first kappa shape index (κ1) is 13.1. The highest BCUT2D eigenvalue weighted by atomic mass is 16.6. The Hall–Kier alpha value is -1.89. The van der Waals surface area contributed by atoms with E-state index in [1.54, 1.807) is 7.11 Å². The van der Waals surface area contributed by atoms with Crippen molar-refractivity contribution >= 4 is 0 Å². The van der Waals surface area contributed by atoms with E-state index in [0.29, 0.717) is 30.5 Å². The second kappa shape index (κ2) is 5.24. The molecule has 4 nitrogen and oxygen atoms in total. The number of hydrogen-bond donors (Lipinski definition) is 0. The number of ether oxygens (including phenoxy) is 3. The SMILES string of the molecule is COc1ccc(C2(C#N)CCCCC2)c2c1OCCO2. The average Bonchev–Trinajstić information content (AvgIpc) is 2.54. The molecule has 1 fully saturated rings. The van der Waals surface area contributed by atoms with Gasteiger partial charge in [-0.3, -0.25) is 0 Å². The second-order valence-corrected chi connectivity index (χ2v) is 5.43. The normalized spacial score (nSPS) is 20.0. The highest BCUT2D eigenvalue weighted by molar-refractivity contribution is 5.60. The van der Waals surface area contributed by atoms with Crippen molar-refractivity contribution in [3.8, 4) is 23.3 Å². The fraction of sp³-hybridized carbons (Fsp3) is 0.562. The topological polar surface area (TPSA) is 51.5 Å². The molecule has 4 heteroatoms. The predicted octanol–water partition coefficient (Wildman–Crippen LogP) is 3.19. The molecule has 1 saturated carbocycles. The summed E-state index contributed by atoms with van der Waals surface area (Å²) in [6, 6.07) is 6.40. The molecule has 20 heavy (non-hydrogen) atoms. The van der Waals surface area contributed by atoms with E-state index < -0.39 is 5.41 Å². The highest BCUT2D eigenvalue weighted by Gasteiger charge is 2.39. The first-order chi connectivity index (χ1) is 9.80. The average molecular weight is 273 g/mol. The zero-order valence-electron chi connectivity index (χ0n) is 11.8. The summed E-state index contributed by atoms with van der Waals surface area (Å²) in [6.07, 6.45) is 5.18. The van der Waals surface area contributed by atoms with Crippen LogP contribution in [0.3, 0.4) is 0 Å². The number of nitrogens with zero attached hydrogens (tertiary/aromatic N) is 1. The summed E-state index contributed by atoms with van der Waals surface area (Å²) in [7, 11) is 1.62. The Balaban J connectivity index is 2.11. The predicted molar refractivity (Wildman–Crippen MR) is 74.4 cm³/mol. The number of nitriles is 1. The molecule has 2 aliphatic rings. The van der Waals surface area contributed by atoms with Crippen LogP contribution in [0.1, 0.15) is 37.7 Å². The molecular weight excluding hydrogens is 254 g/mol. The molecule has 0 N–H and O–H groups in total. The summed E-state index contributed by atoms with van der Waals surface area (Å²) < 4.78 is 16.9. The second-order valence-electron chi connectivity index (χ2n) is 5.43. The van der Waals surface area contributed by atoms with Gasteiger partial charge in [0.25, 0.3) is 0 Å². The van der Waals surface area contributed by atoms with Crippen molar-refractivity contribution in [2.45, 2.75) is 37.5 Å². The molecule has 0 unspecified atom stereocenters. The molecule has 0 radical (unpaired) electrons. The van der Waals surface area contributed by atoms with Gasteiger partial charge in [0.05, 0.1) is 18.6 Å². The van der Waals surface area contributed by atoms with Crippen LogP contribution >= 0.6 is 0 Å². The van der Waals surface area contributed by atoms with Gasteiger partial charge >= 0.3 is 0 Å². The number of benzene rings is 1. The molecule has 1 aromatic rings. The lowest BCUT2D eigenvalue weighted by Gasteiger charge is -2.34. The minimum atomic E-state index is -0.435. The zero-order chi connectivity index (χ0) is 14.0. The van der Waals surface area contributed by atoms with Crippen molar-refractivity contribution in [2.75, 3.05) is 20.3 Å². The van der Waals surface area contributed by atoms with Crippen LogP contribution in [-0.4, -0.2) is 20.3 Å². The quantitative estimate of drug-likeness (QED) is 0.830. The summed E-state index contributed by atoms with van der Waals surface area (Å²) in [5, 5.41) is 9.75. The van der Waals surface area contributed by atoms with Crippen LogP contribution in [0, 0.1) is 11.3 Å². The molecule has 0 atom stereocenters. The standard InChI is InChI=1S/C16H19NO3/c1-18-13-6-5-12(14-15(13)20-10-9-19-14)16(11-17)7-3-2-4-8-16/h5-6H,2-4,7-10H2,1H3. The van der Waals surface area contributed by atoms with Crippen molar-refractivity contribution in [1.29, 1.82) is 5.26 Å². The molecule has 0 saturated heterocycles. The summed E-state index contributed by atoms with van der Waals surface area (Å²) in [6.45, 7) is 1.04. The van der Waals surface area contributed by atoms with Crippen molar-refractivity contribution < 1.29 is 14.2 Å². The molecule has 1 aliphatic heterocycles. The van der Waals surface area contributed by atoms with Gasteiger partial charge in [0.2, 0.25) is 5.75 Å². The third-order valence-corrected chi connectivity index (χ3v) is 4.31. The summed E-state index contributed by atoms with van der Waals surface area (Å²) >= 11 is 0. The molecule has 0 spiro atoms. The van der Waals surface area contributed by atoms with Crippen LogP contribution in [0.4, 0.5) is 0 Å². The van der Waals surface area contributed by atoms with Crippen LogP contribution in [0.2, 0.25) is 0 Å². The van der Waals surface area contributed by atoms with Gasteiger partial charge in [0, 0.05) is 5.56 Å². The van der Waals surface area contributed by atoms with Crippen LogP contribution in [-0.2, 0) is 5.41 Å². The summed E-state index contributed by atoms with van der Waals surface area (Å²) in [4.78, 5) is 0. The fourth-order valence-corrected chi connectivity index (χ4v) is 3.25. The molecule has 0 aromatic heterocycles. The van der Waals surface area contributed by atoms with Crippen LogP contribution in [0.15, 0.2) is 12.1 Å². The Morgan fingerprint density at radius 3 is 2.45 bits per heavy atom. The first-order valence-corrected chi connectivity index (χ1v) is 7.19. The maximum Gasteiger partial charge on any atom is 0.204 e. The molecule has 1 aliphatic carbocycles. The highest BCUT2D eigenvalue weighted by Crippen LogP contribution is 2.50. The molecule has 1 heterocycles. The van der Waals surface area contributed by atoms with E-state index in [-0.39, 0.29) is 0 Å². The maximum absolute atomic E-state index is 9.75. The minimum absolute atomic E-state index is 0.435. The van der Waals surface area contributed by atoms with Gasteiger partial charge in [-0.25, -0.2) is 0 Å². The maximum atomic E-state index is 9.75. The van der Waals surface area contributed by atoms with Crippen LogP contribution < -0.4 is 14.2 Å². The molecule has 106 valence electrons. The molecule has 0 amide bonds. The van der Waals surface area contributed by atoms with Crippen LogP contribution in [0.5, 0.6) is 17.2 Å². The number of hydrogen-bond acceptors (Lipinski definition) is 4. The lowest BCUT2D eigenvalue weighted by Crippen LogP contribution is -2.29. The largest absolute Gasteiger partial charge is 0.493 e. The Labute approximate surface area is 119 Å². The molecular formula is C16H19NO3. The number of rotatable bonds is 2. The lowest BCUT2D eigenvalue weighted by atomic mass is 9.70. The number of methoxy groups -OCH3 is 1. The van der Waals surface area contributed by atoms with Gasteiger partial charge in [0.15, 0.2) is 11.5 Å². The third-order valence-electron chi connectivity index (χ3n) is 4.31. The summed E-state index contributed by atoms with van der Waals surface area (Å²) in [5.41, 5.74) is 0.533. The zero-order valence-corrected chi connectivity index (χ0v) is 11.8. The van der Waals surface area contributed by atoms with Gasteiger partial charge in [-0.05, 0) is 25.0 Å². The van der Waals surface area contributed by atoms with E-state index in [1.165, 1.54) is 6.42 Å². The van der Waals surface area contributed by atoms with Crippen molar-refractivity contribution in [3.63, 3.8) is 0 Å². The van der Waals surface area contributed by atoms with Crippen LogP contribution in [0.25, 0.3) is 0 Å². The first-order valence-electron chi connectivity index (χ1n) is 7.19. The van der Waals surface area contributed by atoms with E-state index in [0.717, 1.165) is 31.2 Å². The molecule has 3 rings (SSSR count). The Bertz CT molecular complexity index is 541. The lowest BCUT2D eigenvalue weighted by molar-refractivity contribution is 0.160. The fourth-order valence-electron chi connectivity index (χ4n) is 3.25. The van der Waals surface area contributed by atoms with E-state index in [1.807, 2.05) is 12.1 Å². The van der Waals surface area contributed by atoms with Gasteiger partial charge in [-0.15, -0.1) is 0 Å². The monoisotopic (exact) mass is 273 g/mol. The molecule has 1 aromatic carbocycles. The van der Waals surface area contributed by atoms with Gasteiger partial charge < -0.3 is 14.2 Å². The Kier molecular flexibility index (Phi) is 3.43. The third kappa shape index (κ3) is 1.98. The van der Waals surface area contributed by atoms with Crippen molar-refractivity contribution in [1.82, 2.24) is 0 Å². The van der Waals surface area contributed by atoms with Gasteiger partial charge in [-0.1, -0.05) is 19.3 Å². The Morgan fingerprint density at radius 1 is 1.10 bits per heavy atom.